The topological polar surface area (TPSA) is 37.0 Å². The second-order valence-corrected chi connectivity index (χ2v) is 5.60. The van der Waals surface area contributed by atoms with Gasteiger partial charge in [-0.2, -0.15) is 0 Å². The fraction of sp³-hybridized carbons (Fsp3) is 0.750. The lowest BCUT2D eigenvalue weighted by Crippen LogP contribution is -2.48. The van der Waals surface area contributed by atoms with Crippen LogP contribution in [0.5, 0.6) is 0 Å². The molecule has 0 spiro atoms. The lowest BCUT2D eigenvalue weighted by molar-refractivity contribution is 0.325. The smallest absolute Gasteiger partial charge is 0.0794 e. The molecule has 1 fully saturated rings. The van der Waals surface area contributed by atoms with Crippen molar-refractivity contribution in [2.75, 3.05) is 13.1 Å². The summed E-state index contributed by atoms with van der Waals surface area (Å²) in [5.41, 5.74) is 2.26. The SMILES string of the molecule is CCCC1(CNCc2cncs2)CCCN1. The fourth-order valence-electron chi connectivity index (χ4n) is 2.55. The van der Waals surface area contributed by atoms with Crippen LogP contribution in [0.25, 0.3) is 0 Å². The Hall–Kier alpha value is -0.450. The van der Waals surface area contributed by atoms with Crippen molar-refractivity contribution in [1.29, 1.82) is 0 Å². The van der Waals surface area contributed by atoms with E-state index in [1.807, 2.05) is 11.7 Å². The van der Waals surface area contributed by atoms with E-state index in [-0.39, 0.29) is 0 Å². The van der Waals surface area contributed by atoms with Crippen molar-refractivity contribution in [1.82, 2.24) is 15.6 Å². The van der Waals surface area contributed by atoms with Gasteiger partial charge in [-0.1, -0.05) is 13.3 Å². The second kappa shape index (κ2) is 5.75. The fourth-order valence-corrected chi connectivity index (χ4v) is 3.12. The summed E-state index contributed by atoms with van der Waals surface area (Å²) in [7, 11) is 0. The molecule has 0 bridgehead atoms. The first-order valence-electron chi connectivity index (χ1n) is 6.18. The van der Waals surface area contributed by atoms with Gasteiger partial charge in [0, 0.05) is 29.7 Å². The third kappa shape index (κ3) is 3.03. The molecule has 0 aromatic carbocycles. The van der Waals surface area contributed by atoms with Crippen LogP contribution in [-0.2, 0) is 6.54 Å². The molecule has 4 heteroatoms. The van der Waals surface area contributed by atoms with Gasteiger partial charge in [0.1, 0.15) is 0 Å². The molecule has 3 nitrogen and oxygen atoms in total. The van der Waals surface area contributed by atoms with Crippen LogP contribution in [-0.4, -0.2) is 23.6 Å². The van der Waals surface area contributed by atoms with Crippen LogP contribution in [0.15, 0.2) is 11.7 Å². The molecule has 2 heterocycles. The van der Waals surface area contributed by atoms with Crippen molar-refractivity contribution in [3.8, 4) is 0 Å². The van der Waals surface area contributed by atoms with Gasteiger partial charge in [0.2, 0.25) is 0 Å². The van der Waals surface area contributed by atoms with E-state index in [4.69, 9.17) is 0 Å². The number of hydrogen-bond acceptors (Lipinski definition) is 4. The lowest BCUT2D eigenvalue weighted by atomic mass is 9.92. The first-order chi connectivity index (χ1) is 7.85. The van der Waals surface area contributed by atoms with Crippen molar-refractivity contribution in [2.24, 2.45) is 0 Å². The van der Waals surface area contributed by atoms with Crippen LogP contribution in [0.2, 0.25) is 0 Å². The highest BCUT2D eigenvalue weighted by molar-refractivity contribution is 7.09. The minimum atomic E-state index is 0.361. The third-order valence-corrected chi connectivity index (χ3v) is 4.09. The minimum Gasteiger partial charge on any atom is -0.310 e. The van der Waals surface area contributed by atoms with Gasteiger partial charge in [0.05, 0.1) is 5.51 Å². The number of hydrogen-bond donors (Lipinski definition) is 2. The van der Waals surface area contributed by atoms with E-state index in [1.165, 1.54) is 37.1 Å². The van der Waals surface area contributed by atoms with Gasteiger partial charge in [-0.05, 0) is 25.8 Å². The van der Waals surface area contributed by atoms with Gasteiger partial charge in [0.15, 0.2) is 0 Å². The van der Waals surface area contributed by atoms with Gasteiger partial charge in [-0.25, -0.2) is 0 Å². The highest BCUT2D eigenvalue weighted by atomic mass is 32.1. The Balaban J connectivity index is 1.78. The Morgan fingerprint density at radius 1 is 1.62 bits per heavy atom. The number of aromatic nitrogens is 1. The molecular formula is C12H21N3S. The molecule has 0 aliphatic carbocycles. The Kier molecular flexibility index (Phi) is 4.32. The van der Waals surface area contributed by atoms with Crippen molar-refractivity contribution < 1.29 is 0 Å². The molecule has 1 aliphatic heterocycles. The summed E-state index contributed by atoms with van der Waals surface area (Å²) >= 11 is 1.72. The molecule has 1 aromatic rings. The van der Waals surface area contributed by atoms with Gasteiger partial charge < -0.3 is 10.6 Å². The highest BCUT2D eigenvalue weighted by Crippen LogP contribution is 2.24. The molecule has 1 saturated heterocycles. The summed E-state index contributed by atoms with van der Waals surface area (Å²) in [4.78, 5) is 5.41. The molecule has 1 unspecified atom stereocenters. The minimum absolute atomic E-state index is 0.361. The van der Waals surface area contributed by atoms with Gasteiger partial charge in [-0.3, -0.25) is 4.98 Å². The zero-order valence-corrected chi connectivity index (χ0v) is 10.8. The number of nitrogens with zero attached hydrogens (tertiary/aromatic N) is 1. The average Bonchev–Trinajstić information content (AvgIpc) is 2.90. The van der Waals surface area contributed by atoms with Gasteiger partial charge >= 0.3 is 0 Å². The Labute approximate surface area is 102 Å². The molecule has 90 valence electrons. The number of rotatable bonds is 6. The van der Waals surface area contributed by atoms with Crippen LogP contribution in [0.3, 0.4) is 0 Å². The van der Waals surface area contributed by atoms with E-state index >= 15 is 0 Å². The zero-order chi connectivity index (χ0) is 11.3. The van der Waals surface area contributed by atoms with E-state index in [2.05, 4.69) is 22.5 Å². The zero-order valence-electron chi connectivity index (χ0n) is 9.96. The molecule has 16 heavy (non-hydrogen) atoms. The van der Waals surface area contributed by atoms with E-state index in [0.29, 0.717) is 5.54 Å². The molecular weight excluding hydrogens is 218 g/mol. The van der Waals surface area contributed by atoms with E-state index < -0.39 is 0 Å². The Bertz CT molecular complexity index is 291. The highest BCUT2D eigenvalue weighted by Gasteiger charge is 2.31. The molecule has 2 N–H and O–H groups in total. The summed E-state index contributed by atoms with van der Waals surface area (Å²) in [5.74, 6) is 0. The summed E-state index contributed by atoms with van der Waals surface area (Å²) in [6.45, 7) is 5.49. The monoisotopic (exact) mass is 239 g/mol. The molecule has 1 atom stereocenters. The maximum absolute atomic E-state index is 4.09. The Morgan fingerprint density at radius 2 is 2.56 bits per heavy atom. The predicted molar refractivity (Wildman–Crippen MR) is 68.7 cm³/mol. The van der Waals surface area contributed by atoms with Crippen LogP contribution >= 0.6 is 11.3 Å². The first-order valence-corrected chi connectivity index (χ1v) is 7.06. The van der Waals surface area contributed by atoms with Crippen LogP contribution in [0, 0.1) is 0 Å². The average molecular weight is 239 g/mol. The van der Waals surface area contributed by atoms with Gasteiger partial charge in [0.25, 0.3) is 0 Å². The summed E-state index contributed by atoms with van der Waals surface area (Å²) in [6, 6.07) is 0. The number of thiazole rings is 1. The Morgan fingerprint density at radius 3 is 3.19 bits per heavy atom. The maximum Gasteiger partial charge on any atom is 0.0794 e. The van der Waals surface area contributed by atoms with Crippen LogP contribution in [0.1, 0.15) is 37.5 Å². The molecule has 0 amide bonds. The normalized spacial score (nSPS) is 25.1. The third-order valence-electron chi connectivity index (χ3n) is 3.31. The molecule has 0 radical (unpaired) electrons. The lowest BCUT2D eigenvalue weighted by Gasteiger charge is -2.29. The maximum atomic E-state index is 4.09. The van der Waals surface area contributed by atoms with Crippen LogP contribution < -0.4 is 10.6 Å². The predicted octanol–water partition coefficient (Wildman–Crippen LogP) is 2.16. The summed E-state index contributed by atoms with van der Waals surface area (Å²) < 4.78 is 0. The van der Waals surface area contributed by atoms with E-state index in [1.54, 1.807) is 11.3 Å². The quantitative estimate of drug-likeness (QED) is 0.799. The van der Waals surface area contributed by atoms with E-state index in [9.17, 15) is 0 Å². The van der Waals surface area contributed by atoms with Crippen LogP contribution in [0.4, 0.5) is 0 Å². The molecule has 1 aromatic heterocycles. The molecule has 1 aliphatic rings. The molecule has 2 rings (SSSR count). The van der Waals surface area contributed by atoms with Crippen molar-refractivity contribution in [3.63, 3.8) is 0 Å². The standard InChI is InChI=1S/C12H21N3S/c1-2-4-12(5-3-6-15-12)9-13-7-11-8-14-10-16-11/h8,10,13,15H,2-7,9H2,1H3. The summed E-state index contributed by atoms with van der Waals surface area (Å²) in [6.07, 6.45) is 7.13. The molecule has 0 saturated carbocycles. The van der Waals surface area contributed by atoms with E-state index in [0.717, 1.165) is 13.1 Å². The summed E-state index contributed by atoms with van der Waals surface area (Å²) in [5, 5.41) is 7.24. The van der Waals surface area contributed by atoms with Crippen molar-refractivity contribution >= 4 is 11.3 Å². The second-order valence-electron chi connectivity index (χ2n) is 4.63. The van der Waals surface area contributed by atoms with Crippen molar-refractivity contribution in [3.05, 3.63) is 16.6 Å². The van der Waals surface area contributed by atoms with Gasteiger partial charge in [-0.15, -0.1) is 11.3 Å². The largest absolute Gasteiger partial charge is 0.310 e. The van der Waals surface area contributed by atoms with Crippen molar-refractivity contribution in [2.45, 2.75) is 44.7 Å². The number of nitrogens with one attached hydrogen (secondary N) is 2. The first kappa shape index (κ1) is 12.0.